The van der Waals surface area contributed by atoms with Crippen molar-refractivity contribution in [3.05, 3.63) is 41.7 Å². The van der Waals surface area contributed by atoms with Gasteiger partial charge in [0.2, 0.25) is 15.9 Å². The van der Waals surface area contributed by atoms with Crippen LogP contribution < -0.4 is 14.4 Å². The minimum Gasteiger partial charge on any atom is -0.476 e. The molecule has 140 valence electrons. The summed E-state index contributed by atoms with van der Waals surface area (Å²) in [5.41, 5.74) is 0.898. The van der Waals surface area contributed by atoms with Gasteiger partial charge in [0.05, 0.1) is 4.90 Å². The summed E-state index contributed by atoms with van der Waals surface area (Å²) in [5.74, 6) is 1.98. The number of benzene rings is 1. The van der Waals surface area contributed by atoms with Crippen molar-refractivity contribution in [3.8, 4) is 5.88 Å². The number of rotatable bonds is 7. The van der Waals surface area contributed by atoms with Crippen LogP contribution >= 0.6 is 0 Å². The summed E-state index contributed by atoms with van der Waals surface area (Å²) in [6.45, 7) is 6.03. The van der Waals surface area contributed by atoms with E-state index in [4.69, 9.17) is 4.74 Å². The molecule has 0 aliphatic carbocycles. The average molecular weight is 376 g/mol. The van der Waals surface area contributed by atoms with E-state index in [0.29, 0.717) is 11.7 Å². The zero-order valence-corrected chi connectivity index (χ0v) is 15.9. The molecule has 0 radical (unpaired) electrons. The van der Waals surface area contributed by atoms with Crippen LogP contribution in [-0.2, 0) is 10.0 Å². The highest BCUT2D eigenvalue weighted by Gasteiger charge is 2.16. The van der Waals surface area contributed by atoms with E-state index in [0.717, 1.165) is 24.5 Å². The molecule has 1 N–H and O–H groups in total. The highest BCUT2D eigenvalue weighted by Crippen LogP contribution is 2.21. The first-order chi connectivity index (χ1) is 12.4. The molecule has 1 aliphatic heterocycles. The van der Waals surface area contributed by atoms with Crippen molar-refractivity contribution in [1.29, 1.82) is 0 Å². The van der Waals surface area contributed by atoms with Crippen LogP contribution in [-0.4, -0.2) is 44.6 Å². The Labute approximate surface area is 154 Å². The van der Waals surface area contributed by atoms with Crippen LogP contribution in [0.4, 0.5) is 5.82 Å². The van der Waals surface area contributed by atoms with Gasteiger partial charge in [-0.1, -0.05) is 12.1 Å². The molecular formula is C18H24N4O3S. The molecule has 3 rings (SSSR count). The van der Waals surface area contributed by atoms with E-state index in [2.05, 4.69) is 19.6 Å². The molecule has 2 aromatic rings. The average Bonchev–Trinajstić information content (AvgIpc) is 3.13. The second kappa shape index (κ2) is 8.01. The fourth-order valence-electron chi connectivity index (χ4n) is 2.90. The summed E-state index contributed by atoms with van der Waals surface area (Å²) in [6.07, 6.45) is 2.33. The zero-order valence-electron chi connectivity index (χ0n) is 15.1. The molecule has 0 bridgehead atoms. The Morgan fingerprint density at radius 1 is 1.15 bits per heavy atom. The molecule has 7 nitrogen and oxygen atoms in total. The Bertz CT molecular complexity index is 864. The zero-order chi connectivity index (χ0) is 18.6. The van der Waals surface area contributed by atoms with E-state index in [1.807, 2.05) is 26.0 Å². The first-order valence-corrected chi connectivity index (χ1v) is 10.2. The molecule has 0 spiro atoms. The van der Waals surface area contributed by atoms with Crippen molar-refractivity contribution >= 4 is 15.8 Å². The summed E-state index contributed by atoms with van der Waals surface area (Å²) in [6, 6.07) is 8.61. The summed E-state index contributed by atoms with van der Waals surface area (Å²) in [7, 11) is -3.54. The van der Waals surface area contributed by atoms with Gasteiger partial charge in [-0.2, -0.15) is 4.98 Å². The van der Waals surface area contributed by atoms with Gasteiger partial charge in [0, 0.05) is 25.7 Å². The van der Waals surface area contributed by atoms with Gasteiger partial charge in [-0.15, -0.1) is 0 Å². The lowest BCUT2D eigenvalue weighted by Crippen LogP contribution is -2.28. The Morgan fingerprint density at radius 3 is 2.65 bits per heavy atom. The van der Waals surface area contributed by atoms with Crippen LogP contribution in [0, 0.1) is 13.8 Å². The third-order valence-corrected chi connectivity index (χ3v) is 5.63. The third-order valence-electron chi connectivity index (χ3n) is 4.17. The second-order valence-corrected chi connectivity index (χ2v) is 8.14. The van der Waals surface area contributed by atoms with Gasteiger partial charge in [0.25, 0.3) is 0 Å². The molecule has 0 amide bonds. The molecule has 26 heavy (non-hydrogen) atoms. The number of sulfonamides is 1. The van der Waals surface area contributed by atoms with Gasteiger partial charge >= 0.3 is 0 Å². The van der Waals surface area contributed by atoms with Crippen molar-refractivity contribution in [2.24, 2.45) is 0 Å². The Kier molecular flexibility index (Phi) is 5.73. The summed E-state index contributed by atoms with van der Waals surface area (Å²) in [4.78, 5) is 11.2. The van der Waals surface area contributed by atoms with E-state index in [-0.39, 0.29) is 18.0 Å². The predicted octanol–water partition coefficient (Wildman–Crippen LogP) is 2.05. The number of nitrogens with one attached hydrogen (secondary N) is 1. The second-order valence-electron chi connectivity index (χ2n) is 6.37. The molecule has 1 saturated heterocycles. The minimum atomic E-state index is -3.54. The topological polar surface area (TPSA) is 84.4 Å². The molecule has 0 saturated carbocycles. The molecule has 1 aromatic carbocycles. The largest absolute Gasteiger partial charge is 0.476 e. The number of aromatic nitrogens is 2. The van der Waals surface area contributed by atoms with Gasteiger partial charge in [-0.05, 0) is 44.4 Å². The summed E-state index contributed by atoms with van der Waals surface area (Å²) < 4.78 is 32.7. The molecule has 1 aromatic heterocycles. The molecule has 8 heteroatoms. The quantitative estimate of drug-likeness (QED) is 0.745. The molecule has 0 atom stereocenters. The van der Waals surface area contributed by atoms with Crippen molar-refractivity contribution in [3.63, 3.8) is 0 Å². The number of hydrogen-bond donors (Lipinski definition) is 1. The third kappa shape index (κ3) is 4.70. The van der Waals surface area contributed by atoms with Gasteiger partial charge in [-0.3, -0.25) is 0 Å². The van der Waals surface area contributed by atoms with Gasteiger partial charge < -0.3 is 9.64 Å². The lowest BCUT2D eigenvalue weighted by molar-refractivity contribution is 0.309. The Morgan fingerprint density at radius 2 is 1.92 bits per heavy atom. The molecule has 1 aliphatic rings. The van der Waals surface area contributed by atoms with Crippen LogP contribution in [0.3, 0.4) is 0 Å². The van der Waals surface area contributed by atoms with Crippen LogP contribution in [0.25, 0.3) is 0 Å². The fraction of sp³-hybridized carbons (Fsp3) is 0.444. The lowest BCUT2D eigenvalue weighted by Gasteiger charge is -2.17. The normalized spacial score (nSPS) is 14.6. The number of ether oxygens (including phenoxy) is 1. The summed E-state index contributed by atoms with van der Waals surface area (Å²) >= 11 is 0. The van der Waals surface area contributed by atoms with Gasteiger partial charge in [0.15, 0.2) is 0 Å². The van der Waals surface area contributed by atoms with E-state index in [1.165, 1.54) is 12.8 Å². The van der Waals surface area contributed by atoms with Crippen LogP contribution in [0.5, 0.6) is 5.88 Å². The molecule has 2 heterocycles. The van der Waals surface area contributed by atoms with Gasteiger partial charge in [0.1, 0.15) is 18.2 Å². The number of hydrogen-bond acceptors (Lipinski definition) is 6. The molecule has 1 fully saturated rings. The maximum absolute atomic E-state index is 12.3. The number of anilines is 1. The maximum atomic E-state index is 12.3. The molecule has 0 unspecified atom stereocenters. The van der Waals surface area contributed by atoms with E-state index >= 15 is 0 Å². The van der Waals surface area contributed by atoms with Crippen molar-refractivity contribution in [1.82, 2.24) is 14.7 Å². The van der Waals surface area contributed by atoms with E-state index in [9.17, 15) is 8.42 Å². The highest BCUT2D eigenvalue weighted by molar-refractivity contribution is 7.89. The van der Waals surface area contributed by atoms with Crippen LogP contribution in [0.1, 0.15) is 24.2 Å². The Hall–Kier alpha value is -2.19. The first-order valence-electron chi connectivity index (χ1n) is 8.74. The Balaban J connectivity index is 1.56. The number of aryl methyl sites for hydroxylation is 2. The van der Waals surface area contributed by atoms with Crippen molar-refractivity contribution in [2.45, 2.75) is 31.6 Å². The standard InChI is InChI=1S/C18H24N4O3S/c1-14-6-5-7-16(12-14)26(23,24)19-8-11-25-18-13-17(20-15(2)21-18)22-9-3-4-10-22/h5-7,12-13,19H,3-4,8-11H2,1-2H3. The van der Waals surface area contributed by atoms with Gasteiger partial charge in [-0.25, -0.2) is 18.1 Å². The smallest absolute Gasteiger partial charge is 0.240 e. The van der Waals surface area contributed by atoms with Crippen LogP contribution in [0.2, 0.25) is 0 Å². The number of nitrogens with zero attached hydrogens (tertiary/aromatic N) is 3. The highest BCUT2D eigenvalue weighted by atomic mass is 32.2. The first kappa shape index (κ1) is 18.6. The molecular weight excluding hydrogens is 352 g/mol. The van der Waals surface area contributed by atoms with Crippen molar-refractivity contribution < 1.29 is 13.2 Å². The summed E-state index contributed by atoms with van der Waals surface area (Å²) in [5, 5.41) is 0. The van der Waals surface area contributed by atoms with E-state index in [1.54, 1.807) is 18.2 Å². The minimum absolute atomic E-state index is 0.165. The maximum Gasteiger partial charge on any atom is 0.240 e. The fourth-order valence-corrected chi connectivity index (χ4v) is 4.02. The monoisotopic (exact) mass is 376 g/mol. The van der Waals surface area contributed by atoms with Crippen molar-refractivity contribution in [2.75, 3.05) is 31.1 Å². The lowest BCUT2D eigenvalue weighted by atomic mass is 10.2. The van der Waals surface area contributed by atoms with E-state index < -0.39 is 10.0 Å². The van der Waals surface area contributed by atoms with Crippen LogP contribution in [0.15, 0.2) is 35.2 Å². The predicted molar refractivity (Wildman–Crippen MR) is 100 cm³/mol. The SMILES string of the molecule is Cc1cccc(S(=O)(=O)NCCOc2cc(N3CCCC3)nc(C)n2)c1.